The number of halogens is 1. The van der Waals surface area contributed by atoms with Crippen LogP contribution in [-0.4, -0.2) is 64.2 Å². The van der Waals surface area contributed by atoms with E-state index in [1.807, 2.05) is 28.8 Å². The molecule has 0 aromatic carbocycles. The summed E-state index contributed by atoms with van der Waals surface area (Å²) in [6, 6.07) is 6.45. The van der Waals surface area contributed by atoms with E-state index in [1.54, 1.807) is 0 Å². The third-order valence-electron chi connectivity index (χ3n) is 4.98. The van der Waals surface area contributed by atoms with Crippen LogP contribution in [0.1, 0.15) is 38.9 Å². The van der Waals surface area contributed by atoms with Gasteiger partial charge in [-0.1, -0.05) is 18.2 Å². The fourth-order valence-electron chi connectivity index (χ4n) is 3.62. The van der Waals surface area contributed by atoms with Gasteiger partial charge < -0.3 is 10.6 Å². The molecule has 0 aliphatic carbocycles. The summed E-state index contributed by atoms with van der Waals surface area (Å²) in [5.74, 6) is 1.92. The summed E-state index contributed by atoms with van der Waals surface area (Å²) in [6.45, 7) is 13.1. The topological polar surface area (TPSA) is 69.8 Å². The molecule has 2 aromatic rings. The lowest BCUT2D eigenvalue weighted by Gasteiger charge is -2.33. The Morgan fingerprint density at radius 2 is 2.07 bits per heavy atom. The molecule has 0 unspecified atom stereocenters. The number of aromatic nitrogens is 3. The Morgan fingerprint density at radius 3 is 2.79 bits per heavy atom. The zero-order chi connectivity index (χ0) is 19.8. The van der Waals surface area contributed by atoms with Crippen molar-refractivity contribution in [2.24, 2.45) is 4.99 Å². The zero-order valence-electron chi connectivity index (χ0n) is 17.6. The number of piperidine rings is 1. The van der Waals surface area contributed by atoms with Gasteiger partial charge in [-0.15, -0.1) is 34.2 Å². The fourth-order valence-corrected chi connectivity index (χ4v) is 3.62. The Hall–Kier alpha value is -1.68. The Kier molecular flexibility index (Phi) is 9.86. The second kappa shape index (κ2) is 12.1. The van der Waals surface area contributed by atoms with Gasteiger partial charge in [-0.3, -0.25) is 14.3 Å². The molecule has 8 heteroatoms. The number of nitrogens with one attached hydrogen (secondary N) is 2. The van der Waals surface area contributed by atoms with Crippen LogP contribution >= 0.6 is 24.0 Å². The molecule has 3 rings (SSSR count). The molecule has 0 atom stereocenters. The highest BCUT2D eigenvalue weighted by Crippen LogP contribution is 2.11. The average Bonchev–Trinajstić information content (AvgIpc) is 3.09. The van der Waals surface area contributed by atoms with E-state index >= 15 is 0 Å². The molecular weight excluding hydrogens is 477 g/mol. The number of hydrogen-bond acceptors (Lipinski definition) is 4. The molecule has 1 fully saturated rings. The largest absolute Gasteiger partial charge is 0.357 e. The normalized spacial score (nSPS) is 15.9. The van der Waals surface area contributed by atoms with Gasteiger partial charge in [0, 0.05) is 51.4 Å². The van der Waals surface area contributed by atoms with Crippen molar-refractivity contribution in [3.8, 4) is 0 Å². The quantitative estimate of drug-likeness (QED) is 0.188. The molecule has 1 aliphatic heterocycles. The number of aliphatic imine (C=N–C) groups is 1. The van der Waals surface area contributed by atoms with Gasteiger partial charge in [0.2, 0.25) is 0 Å². The first-order chi connectivity index (χ1) is 13.7. The van der Waals surface area contributed by atoms with Crippen molar-refractivity contribution in [3.05, 3.63) is 42.4 Å². The van der Waals surface area contributed by atoms with Gasteiger partial charge in [0.1, 0.15) is 5.82 Å². The first-order valence-electron chi connectivity index (χ1n) is 10.4. The number of hydrogen-bond donors (Lipinski definition) is 2. The lowest BCUT2D eigenvalue weighted by molar-refractivity contribution is 0.221. The van der Waals surface area contributed by atoms with Crippen molar-refractivity contribution in [2.45, 2.75) is 45.6 Å². The highest BCUT2D eigenvalue weighted by molar-refractivity contribution is 14.0. The molecule has 0 radical (unpaired) electrons. The summed E-state index contributed by atoms with van der Waals surface area (Å²) >= 11 is 0. The lowest BCUT2D eigenvalue weighted by Crippen LogP contribution is -2.48. The Morgan fingerprint density at radius 1 is 1.28 bits per heavy atom. The van der Waals surface area contributed by atoms with E-state index in [0.29, 0.717) is 6.04 Å². The van der Waals surface area contributed by atoms with Crippen LogP contribution in [0.15, 0.2) is 41.5 Å². The van der Waals surface area contributed by atoms with E-state index in [1.165, 1.54) is 5.57 Å². The van der Waals surface area contributed by atoms with Crippen LogP contribution < -0.4 is 10.6 Å². The number of likely N-dealkylation sites (tertiary alicyclic amines) is 1. The van der Waals surface area contributed by atoms with E-state index in [0.717, 1.165) is 75.8 Å². The smallest absolute Gasteiger partial charge is 0.191 e. The van der Waals surface area contributed by atoms with Gasteiger partial charge in [-0.2, -0.15) is 0 Å². The highest BCUT2D eigenvalue weighted by atomic mass is 127. The molecular formula is C21H34IN7. The average molecular weight is 511 g/mol. The molecule has 0 amide bonds. The van der Waals surface area contributed by atoms with E-state index in [2.05, 4.69) is 46.2 Å². The maximum absolute atomic E-state index is 4.76. The standard InChI is InChI=1S/C21H33N7.HI/c1-4-22-21(24-18-10-14-27(15-11-18)16-17(2)3)23-12-7-9-20-26-25-19-8-5-6-13-28(19)20;/h5-6,8,13,18H,2,4,7,9-12,14-16H2,1,3H3,(H2,22,23,24);1H. The van der Waals surface area contributed by atoms with E-state index in [9.17, 15) is 0 Å². The Balaban J connectivity index is 0.00000300. The zero-order valence-corrected chi connectivity index (χ0v) is 19.9. The van der Waals surface area contributed by atoms with Crippen LogP contribution in [-0.2, 0) is 6.42 Å². The number of rotatable bonds is 8. The van der Waals surface area contributed by atoms with Crippen LogP contribution in [0.25, 0.3) is 5.65 Å². The first kappa shape index (κ1) is 23.6. The summed E-state index contributed by atoms with van der Waals surface area (Å²) in [5, 5.41) is 15.5. The molecule has 7 nitrogen and oxygen atoms in total. The number of fused-ring (bicyclic) bond motifs is 1. The third kappa shape index (κ3) is 7.26. The van der Waals surface area contributed by atoms with Gasteiger partial charge in [0.15, 0.2) is 11.6 Å². The van der Waals surface area contributed by atoms with E-state index < -0.39 is 0 Å². The molecule has 160 valence electrons. The molecule has 2 N–H and O–H groups in total. The van der Waals surface area contributed by atoms with Crippen molar-refractivity contribution >= 4 is 35.6 Å². The monoisotopic (exact) mass is 511 g/mol. The van der Waals surface area contributed by atoms with Crippen LogP contribution in [0.3, 0.4) is 0 Å². The number of guanidine groups is 1. The second-order valence-electron chi connectivity index (χ2n) is 7.56. The molecule has 0 saturated carbocycles. The van der Waals surface area contributed by atoms with E-state index in [4.69, 9.17) is 4.99 Å². The van der Waals surface area contributed by atoms with Crippen LogP contribution in [0.5, 0.6) is 0 Å². The van der Waals surface area contributed by atoms with Gasteiger partial charge >= 0.3 is 0 Å². The summed E-state index contributed by atoms with van der Waals surface area (Å²) in [7, 11) is 0. The molecule has 2 aromatic heterocycles. The van der Waals surface area contributed by atoms with Gasteiger partial charge in [-0.25, -0.2) is 0 Å². The van der Waals surface area contributed by atoms with Crippen molar-refractivity contribution in [1.29, 1.82) is 0 Å². The minimum absolute atomic E-state index is 0. The molecule has 1 saturated heterocycles. The molecule has 0 spiro atoms. The first-order valence-corrected chi connectivity index (χ1v) is 10.4. The Labute approximate surface area is 191 Å². The predicted molar refractivity (Wildman–Crippen MR) is 130 cm³/mol. The number of pyridine rings is 1. The molecule has 1 aliphatic rings. The maximum Gasteiger partial charge on any atom is 0.191 e. The van der Waals surface area contributed by atoms with Gasteiger partial charge in [-0.05, 0) is 45.2 Å². The highest BCUT2D eigenvalue weighted by Gasteiger charge is 2.19. The number of nitrogens with zero attached hydrogens (tertiary/aromatic N) is 5. The summed E-state index contributed by atoms with van der Waals surface area (Å²) in [6.07, 6.45) is 6.11. The van der Waals surface area contributed by atoms with Crippen LogP contribution in [0.2, 0.25) is 0 Å². The van der Waals surface area contributed by atoms with Crippen molar-refractivity contribution in [2.75, 3.05) is 32.7 Å². The molecule has 29 heavy (non-hydrogen) atoms. The minimum atomic E-state index is 0. The maximum atomic E-state index is 4.76. The van der Waals surface area contributed by atoms with Crippen LogP contribution in [0.4, 0.5) is 0 Å². The van der Waals surface area contributed by atoms with Crippen molar-refractivity contribution < 1.29 is 0 Å². The lowest BCUT2D eigenvalue weighted by atomic mass is 10.0. The molecule has 3 heterocycles. The summed E-state index contributed by atoms with van der Waals surface area (Å²) in [5.41, 5.74) is 2.13. The minimum Gasteiger partial charge on any atom is -0.357 e. The number of aryl methyl sites for hydroxylation is 1. The molecule has 0 bridgehead atoms. The predicted octanol–water partition coefficient (Wildman–Crippen LogP) is 2.88. The summed E-state index contributed by atoms with van der Waals surface area (Å²) < 4.78 is 2.05. The Bertz CT molecular complexity index is 793. The van der Waals surface area contributed by atoms with E-state index in [-0.39, 0.29) is 24.0 Å². The SMILES string of the molecule is C=C(C)CN1CCC(NC(=NCCCc2nnc3ccccn23)NCC)CC1.I. The van der Waals surface area contributed by atoms with Crippen molar-refractivity contribution in [1.82, 2.24) is 30.1 Å². The van der Waals surface area contributed by atoms with Crippen LogP contribution in [0, 0.1) is 0 Å². The third-order valence-corrected chi connectivity index (χ3v) is 4.98. The fraction of sp³-hybridized carbons (Fsp3) is 0.571. The second-order valence-corrected chi connectivity index (χ2v) is 7.56. The summed E-state index contributed by atoms with van der Waals surface area (Å²) in [4.78, 5) is 7.24. The van der Waals surface area contributed by atoms with Crippen molar-refractivity contribution in [3.63, 3.8) is 0 Å². The van der Waals surface area contributed by atoms with Gasteiger partial charge in [0.25, 0.3) is 0 Å². The van der Waals surface area contributed by atoms with Gasteiger partial charge in [0.05, 0.1) is 0 Å².